The summed E-state index contributed by atoms with van der Waals surface area (Å²) in [6, 6.07) is 9.69. The fourth-order valence-electron chi connectivity index (χ4n) is 4.72. The highest BCUT2D eigenvalue weighted by Crippen LogP contribution is 2.27. The van der Waals surface area contributed by atoms with E-state index in [2.05, 4.69) is 15.4 Å². The van der Waals surface area contributed by atoms with Gasteiger partial charge in [-0.15, -0.1) is 0 Å². The third kappa shape index (κ3) is 6.04. The van der Waals surface area contributed by atoms with Crippen LogP contribution in [-0.2, 0) is 16.0 Å². The van der Waals surface area contributed by atoms with Crippen LogP contribution in [0.2, 0.25) is 0 Å². The fraction of sp³-hybridized carbons (Fsp3) is 0.385. The van der Waals surface area contributed by atoms with Crippen molar-refractivity contribution in [2.24, 2.45) is 0 Å². The normalized spacial score (nSPS) is 15.8. The first-order valence-electron chi connectivity index (χ1n) is 12.1. The van der Waals surface area contributed by atoms with Gasteiger partial charge in [-0.05, 0) is 49.1 Å². The molecule has 0 saturated carbocycles. The molecule has 2 N–H and O–H groups in total. The number of piperidine rings is 1. The summed E-state index contributed by atoms with van der Waals surface area (Å²) in [4.78, 5) is 53.5. The van der Waals surface area contributed by atoms with Crippen LogP contribution in [0.15, 0.2) is 36.4 Å². The van der Waals surface area contributed by atoms with Gasteiger partial charge in [0.1, 0.15) is 13.6 Å². The Morgan fingerprint density at radius 1 is 1.05 bits per heavy atom. The molecular formula is C26H29BN4O6. The standard InChI is InChI=1S/C26H29BN4O6/c1-36-21-3-4-22-16(14-21)5-10-31(26(35)29-22)20-6-8-30(9-7-20)23(32)15-28-24(33)17-11-18(25(34)37-2)13-19(27)12-17/h3-4,11-14,20H,5-10,15H2,1-2H3,(H,28,33)(H,29,35). The molecular weight excluding hydrogens is 475 g/mol. The van der Waals surface area contributed by atoms with Crippen LogP contribution in [0.3, 0.4) is 0 Å². The number of anilines is 1. The molecule has 4 amide bonds. The van der Waals surface area contributed by atoms with Crippen molar-refractivity contribution in [2.75, 3.05) is 45.7 Å². The quantitative estimate of drug-likeness (QED) is 0.450. The maximum atomic E-state index is 12.9. The zero-order valence-electron chi connectivity index (χ0n) is 20.9. The van der Waals surface area contributed by atoms with Crippen LogP contribution in [0.1, 0.15) is 39.1 Å². The van der Waals surface area contributed by atoms with Crippen molar-refractivity contribution in [1.82, 2.24) is 15.1 Å². The van der Waals surface area contributed by atoms with Gasteiger partial charge in [-0.1, -0.05) is 17.6 Å². The Morgan fingerprint density at radius 3 is 2.49 bits per heavy atom. The number of likely N-dealkylation sites (tertiary alicyclic amines) is 1. The summed E-state index contributed by atoms with van der Waals surface area (Å²) in [6.07, 6.45) is 1.99. The number of ether oxygens (including phenoxy) is 2. The highest BCUT2D eigenvalue weighted by Gasteiger charge is 2.31. The van der Waals surface area contributed by atoms with Gasteiger partial charge < -0.3 is 29.9 Å². The molecule has 2 aromatic carbocycles. The number of esters is 1. The van der Waals surface area contributed by atoms with E-state index in [1.165, 1.54) is 25.3 Å². The maximum absolute atomic E-state index is 12.9. The van der Waals surface area contributed by atoms with E-state index in [0.29, 0.717) is 38.9 Å². The van der Waals surface area contributed by atoms with Crippen LogP contribution in [0, 0.1) is 0 Å². The van der Waals surface area contributed by atoms with Gasteiger partial charge in [-0.25, -0.2) is 9.59 Å². The van der Waals surface area contributed by atoms with E-state index in [1.807, 2.05) is 23.1 Å². The number of rotatable bonds is 6. The summed E-state index contributed by atoms with van der Waals surface area (Å²) in [7, 11) is 8.65. The minimum absolute atomic E-state index is 0.0129. The molecule has 2 radical (unpaired) electrons. The number of hydrogen-bond donors (Lipinski definition) is 2. The van der Waals surface area contributed by atoms with E-state index in [0.717, 1.165) is 17.0 Å². The van der Waals surface area contributed by atoms with Crippen molar-refractivity contribution in [3.8, 4) is 5.75 Å². The Hall–Kier alpha value is -4.02. The fourth-order valence-corrected chi connectivity index (χ4v) is 4.72. The van der Waals surface area contributed by atoms with Crippen molar-refractivity contribution in [2.45, 2.75) is 25.3 Å². The predicted molar refractivity (Wildman–Crippen MR) is 138 cm³/mol. The molecule has 0 aliphatic carbocycles. The average molecular weight is 504 g/mol. The number of carbonyl (C=O) groups excluding carboxylic acids is 4. The van der Waals surface area contributed by atoms with Gasteiger partial charge in [0.2, 0.25) is 5.91 Å². The number of carbonyl (C=O) groups is 4. The summed E-state index contributed by atoms with van der Waals surface area (Å²) < 4.78 is 9.97. The van der Waals surface area contributed by atoms with Crippen LogP contribution >= 0.6 is 0 Å². The molecule has 37 heavy (non-hydrogen) atoms. The predicted octanol–water partition coefficient (Wildman–Crippen LogP) is 1.09. The number of nitrogens with one attached hydrogen (secondary N) is 2. The number of amides is 4. The topological polar surface area (TPSA) is 117 Å². The SMILES string of the molecule is [B]c1cc(C(=O)NCC(=O)N2CCC(N3CCc4cc(OC)ccc4NC3=O)CC2)cc(C(=O)OC)c1. The second-order valence-electron chi connectivity index (χ2n) is 9.03. The zero-order chi connectivity index (χ0) is 26.5. The summed E-state index contributed by atoms with van der Waals surface area (Å²) in [5.74, 6) is -0.594. The number of nitrogens with zero attached hydrogens (tertiary/aromatic N) is 2. The van der Waals surface area contributed by atoms with Gasteiger partial charge in [0.25, 0.3) is 5.91 Å². The number of hydrogen-bond acceptors (Lipinski definition) is 6. The molecule has 10 nitrogen and oxygen atoms in total. The molecule has 2 aromatic rings. The lowest BCUT2D eigenvalue weighted by atomic mass is 9.92. The monoisotopic (exact) mass is 504 g/mol. The van der Waals surface area contributed by atoms with Gasteiger partial charge in [0.05, 0.1) is 26.3 Å². The van der Waals surface area contributed by atoms with Crippen molar-refractivity contribution in [3.05, 3.63) is 53.1 Å². The van der Waals surface area contributed by atoms with E-state index < -0.39 is 11.9 Å². The summed E-state index contributed by atoms with van der Waals surface area (Å²) >= 11 is 0. The van der Waals surface area contributed by atoms with Crippen LogP contribution in [0.25, 0.3) is 0 Å². The Labute approximate surface area is 216 Å². The average Bonchev–Trinajstić information content (AvgIpc) is 3.08. The second kappa shape index (κ2) is 11.4. The number of fused-ring (bicyclic) bond motifs is 1. The van der Waals surface area contributed by atoms with Gasteiger partial charge >= 0.3 is 12.0 Å². The third-order valence-corrected chi connectivity index (χ3v) is 6.73. The van der Waals surface area contributed by atoms with Gasteiger partial charge in [-0.2, -0.15) is 0 Å². The van der Waals surface area contributed by atoms with Crippen molar-refractivity contribution < 1.29 is 28.7 Å². The van der Waals surface area contributed by atoms with E-state index in [-0.39, 0.29) is 41.1 Å². The Kier molecular flexibility index (Phi) is 8.00. The molecule has 192 valence electrons. The first kappa shape index (κ1) is 26.1. The van der Waals surface area contributed by atoms with E-state index in [9.17, 15) is 19.2 Å². The van der Waals surface area contributed by atoms with Crippen LogP contribution in [0.4, 0.5) is 10.5 Å². The lowest BCUT2D eigenvalue weighted by molar-refractivity contribution is -0.131. The summed E-state index contributed by atoms with van der Waals surface area (Å²) in [5.41, 5.74) is 2.37. The van der Waals surface area contributed by atoms with Crippen molar-refractivity contribution >= 4 is 42.8 Å². The Morgan fingerprint density at radius 2 is 1.78 bits per heavy atom. The molecule has 0 aromatic heterocycles. The maximum Gasteiger partial charge on any atom is 0.337 e. The molecule has 1 saturated heterocycles. The van der Waals surface area contributed by atoms with Crippen LogP contribution in [0.5, 0.6) is 5.75 Å². The van der Waals surface area contributed by atoms with E-state index in [4.69, 9.17) is 12.6 Å². The number of methoxy groups -OCH3 is 2. The largest absolute Gasteiger partial charge is 0.497 e. The first-order chi connectivity index (χ1) is 17.8. The lowest BCUT2D eigenvalue weighted by Crippen LogP contribution is -2.51. The summed E-state index contributed by atoms with van der Waals surface area (Å²) in [6.45, 7) is 1.35. The third-order valence-electron chi connectivity index (χ3n) is 6.73. The molecule has 4 rings (SSSR count). The number of benzene rings is 2. The lowest BCUT2D eigenvalue weighted by Gasteiger charge is -2.38. The molecule has 0 atom stereocenters. The Bertz CT molecular complexity index is 1210. The minimum atomic E-state index is -0.609. The van der Waals surface area contributed by atoms with Gasteiger partial charge in [-0.3, -0.25) is 9.59 Å². The highest BCUT2D eigenvalue weighted by molar-refractivity contribution is 6.33. The molecule has 2 aliphatic heterocycles. The molecule has 0 unspecified atom stereocenters. The van der Waals surface area contributed by atoms with Crippen LogP contribution < -0.4 is 20.8 Å². The molecule has 2 heterocycles. The zero-order valence-corrected chi connectivity index (χ0v) is 20.9. The van der Waals surface area contributed by atoms with E-state index in [1.54, 1.807) is 12.0 Å². The molecule has 0 spiro atoms. The summed E-state index contributed by atoms with van der Waals surface area (Å²) in [5, 5.41) is 5.58. The van der Waals surface area contributed by atoms with Crippen molar-refractivity contribution in [1.29, 1.82) is 0 Å². The molecule has 11 heteroatoms. The number of urea groups is 1. The van der Waals surface area contributed by atoms with Crippen LogP contribution in [-0.4, -0.2) is 87.9 Å². The highest BCUT2D eigenvalue weighted by atomic mass is 16.5. The minimum Gasteiger partial charge on any atom is -0.497 e. The molecule has 2 aliphatic rings. The molecule has 0 bridgehead atoms. The first-order valence-corrected chi connectivity index (χ1v) is 12.1. The molecule has 1 fully saturated rings. The van der Waals surface area contributed by atoms with E-state index >= 15 is 0 Å². The van der Waals surface area contributed by atoms with Gasteiger partial charge in [0, 0.05) is 36.9 Å². The second-order valence-corrected chi connectivity index (χ2v) is 9.03. The smallest absolute Gasteiger partial charge is 0.337 e. The van der Waals surface area contributed by atoms with Crippen molar-refractivity contribution in [3.63, 3.8) is 0 Å². The van der Waals surface area contributed by atoms with Gasteiger partial charge in [0.15, 0.2) is 0 Å². The Balaban J connectivity index is 1.29.